The van der Waals surface area contributed by atoms with Gasteiger partial charge in [0.1, 0.15) is 11.5 Å². The molecule has 0 unspecified atom stereocenters. The molecule has 6 nitrogen and oxygen atoms in total. The third kappa shape index (κ3) is 4.04. The summed E-state index contributed by atoms with van der Waals surface area (Å²) in [4.78, 5) is 22.8. The third-order valence-corrected chi connectivity index (χ3v) is 3.78. The van der Waals surface area contributed by atoms with Gasteiger partial charge in [-0.1, -0.05) is 29.8 Å². The Morgan fingerprint density at radius 1 is 1.17 bits per heavy atom. The zero-order valence-electron chi connectivity index (χ0n) is 13.2. The number of anilines is 1. The van der Waals surface area contributed by atoms with Gasteiger partial charge in [-0.05, 0) is 12.5 Å². The van der Waals surface area contributed by atoms with Crippen molar-refractivity contribution in [2.45, 2.75) is 13.5 Å². The minimum atomic E-state index is -0.216. The van der Waals surface area contributed by atoms with Crippen molar-refractivity contribution in [1.82, 2.24) is 15.3 Å². The van der Waals surface area contributed by atoms with Crippen molar-refractivity contribution < 1.29 is 9.53 Å². The maximum Gasteiger partial charge on any atom is 0.271 e. The summed E-state index contributed by atoms with van der Waals surface area (Å²) < 4.78 is 5.31. The lowest BCUT2D eigenvalue weighted by Gasteiger charge is -2.27. The van der Waals surface area contributed by atoms with E-state index in [0.29, 0.717) is 25.5 Å². The van der Waals surface area contributed by atoms with E-state index in [1.54, 1.807) is 6.20 Å². The number of rotatable bonds is 4. The molecule has 0 saturated carbocycles. The molecule has 2 heterocycles. The number of nitrogens with zero attached hydrogens (tertiary/aromatic N) is 3. The number of ether oxygens (including phenoxy) is 1. The molecule has 1 fully saturated rings. The monoisotopic (exact) mass is 312 g/mol. The third-order valence-electron chi connectivity index (χ3n) is 3.78. The molecule has 1 amide bonds. The van der Waals surface area contributed by atoms with E-state index in [9.17, 15) is 4.79 Å². The first-order valence-electron chi connectivity index (χ1n) is 7.71. The van der Waals surface area contributed by atoms with Crippen LogP contribution in [0.5, 0.6) is 0 Å². The first-order valence-corrected chi connectivity index (χ1v) is 7.71. The van der Waals surface area contributed by atoms with Gasteiger partial charge >= 0.3 is 0 Å². The highest BCUT2D eigenvalue weighted by atomic mass is 16.5. The zero-order chi connectivity index (χ0) is 16.1. The Morgan fingerprint density at radius 3 is 2.57 bits per heavy atom. The van der Waals surface area contributed by atoms with E-state index >= 15 is 0 Å². The second-order valence-electron chi connectivity index (χ2n) is 5.53. The number of hydrogen-bond acceptors (Lipinski definition) is 5. The molecule has 3 rings (SSSR count). The summed E-state index contributed by atoms with van der Waals surface area (Å²) in [6.45, 7) is 5.50. The number of aromatic nitrogens is 2. The van der Waals surface area contributed by atoms with Gasteiger partial charge in [0.05, 0.1) is 25.6 Å². The zero-order valence-corrected chi connectivity index (χ0v) is 13.2. The van der Waals surface area contributed by atoms with Crippen molar-refractivity contribution in [3.63, 3.8) is 0 Å². The van der Waals surface area contributed by atoms with Gasteiger partial charge in [-0.25, -0.2) is 9.97 Å². The molecule has 23 heavy (non-hydrogen) atoms. The highest BCUT2D eigenvalue weighted by Crippen LogP contribution is 2.11. The summed E-state index contributed by atoms with van der Waals surface area (Å²) in [6, 6.07) is 8.06. The van der Waals surface area contributed by atoms with Gasteiger partial charge in [0, 0.05) is 19.6 Å². The van der Waals surface area contributed by atoms with Crippen LogP contribution in [-0.4, -0.2) is 42.2 Å². The SMILES string of the molecule is Cc1ccc(CNC(=O)c2cnc(N3CCOCC3)cn2)cc1. The highest BCUT2D eigenvalue weighted by Gasteiger charge is 2.14. The minimum absolute atomic E-state index is 0.216. The van der Waals surface area contributed by atoms with Crippen molar-refractivity contribution in [3.05, 3.63) is 53.5 Å². The minimum Gasteiger partial charge on any atom is -0.378 e. The Hall–Kier alpha value is -2.47. The molecule has 2 aromatic rings. The van der Waals surface area contributed by atoms with Crippen molar-refractivity contribution in [1.29, 1.82) is 0 Å². The van der Waals surface area contributed by atoms with E-state index in [1.165, 1.54) is 11.8 Å². The number of carbonyl (C=O) groups is 1. The second-order valence-corrected chi connectivity index (χ2v) is 5.53. The van der Waals surface area contributed by atoms with E-state index in [2.05, 4.69) is 20.2 Å². The van der Waals surface area contributed by atoms with E-state index in [4.69, 9.17) is 4.74 Å². The Kier molecular flexibility index (Phi) is 4.83. The molecule has 120 valence electrons. The normalized spacial score (nSPS) is 14.6. The molecule has 1 N–H and O–H groups in total. The number of morpholine rings is 1. The smallest absolute Gasteiger partial charge is 0.271 e. The summed E-state index contributed by atoms with van der Waals surface area (Å²) >= 11 is 0. The van der Waals surface area contributed by atoms with Crippen LogP contribution in [0.15, 0.2) is 36.7 Å². The fraction of sp³-hybridized carbons (Fsp3) is 0.353. The molecular formula is C17H20N4O2. The van der Waals surface area contributed by atoms with Gasteiger partial charge in [0.15, 0.2) is 0 Å². The van der Waals surface area contributed by atoms with Crippen molar-refractivity contribution in [2.75, 3.05) is 31.2 Å². The molecule has 0 aliphatic carbocycles. The van der Waals surface area contributed by atoms with Crippen LogP contribution in [-0.2, 0) is 11.3 Å². The molecule has 6 heteroatoms. The number of carbonyl (C=O) groups excluding carboxylic acids is 1. The molecule has 0 bridgehead atoms. The lowest BCUT2D eigenvalue weighted by molar-refractivity contribution is 0.0945. The van der Waals surface area contributed by atoms with Gasteiger partial charge < -0.3 is 15.0 Å². The van der Waals surface area contributed by atoms with Crippen molar-refractivity contribution in [2.24, 2.45) is 0 Å². The Morgan fingerprint density at radius 2 is 1.91 bits per heavy atom. The number of aryl methyl sites for hydroxylation is 1. The Bertz CT molecular complexity index is 649. The number of benzene rings is 1. The summed E-state index contributed by atoms with van der Waals surface area (Å²) in [7, 11) is 0. The van der Waals surface area contributed by atoms with E-state index in [1.807, 2.05) is 31.2 Å². The first kappa shape index (κ1) is 15.4. The lowest BCUT2D eigenvalue weighted by Crippen LogP contribution is -2.37. The fourth-order valence-corrected chi connectivity index (χ4v) is 2.37. The second kappa shape index (κ2) is 7.19. The van der Waals surface area contributed by atoms with E-state index < -0.39 is 0 Å². The van der Waals surface area contributed by atoms with Crippen LogP contribution in [0, 0.1) is 6.92 Å². The maximum absolute atomic E-state index is 12.1. The van der Waals surface area contributed by atoms with Crippen LogP contribution < -0.4 is 10.2 Å². The van der Waals surface area contributed by atoms with Gasteiger partial charge in [-0.15, -0.1) is 0 Å². The summed E-state index contributed by atoms with van der Waals surface area (Å²) in [5.41, 5.74) is 2.58. The van der Waals surface area contributed by atoms with Crippen LogP contribution in [0.1, 0.15) is 21.6 Å². The van der Waals surface area contributed by atoms with Crippen LogP contribution in [0.25, 0.3) is 0 Å². The van der Waals surface area contributed by atoms with Crippen LogP contribution in [0.3, 0.4) is 0 Å². The summed E-state index contributed by atoms with van der Waals surface area (Å²) in [6.07, 6.45) is 3.17. The average molecular weight is 312 g/mol. The molecule has 1 aromatic heterocycles. The quantitative estimate of drug-likeness (QED) is 0.928. The fourth-order valence-electron chi connectivity index (χ4n) is 2.37. The molecular weight excluding hydrogens is 292 g/mol. The van der Waals surface area contributed by atoms with Gasteiger partial charge in [-0.3, -0.25) is 4.79 Å². The number of hydrogen-bond donors (Lipinski definition) is 1. The summed E-state index contributed by atoms with van der Waals surface area (Å²) in [5.74, 6) is 0.565. The van der Waals surface area contributed by atoms with E-state index in [0.717, 1.165) is 24.5 Å². The topological polar surface area (TPSA) is 67.4 Å². The van der Waals surface area contributed by atoms with Crippen LogP contribution in [0.2, 0.25) is 0 Å². The Balaban J connectivity index is 1.57. The molecule has 1 aliphatic rings. The molecule has 1 aliphatic heterocycles. The highest BCUT2D eigenvalue weighted by molar-refractivity contribution is 5.91. The largest absolute Gasteiger partial charge is 0.378 e. The maximum atomic E-state index is 12.1. The molecule has 0 atom stereocenters. The van der Waals surface area contributed by atoms with Crippen molar-refractivity contribution >= 4 is 11.7 Å². The van der Waals surface area contributed by atoms with Crippen LogP contribution in [0.4, 0.5) is 5.82 Å². The lowest BCUT2D eigenvalue weighted by atomic mass is 10.1. The molecule has 1 saturated heterocycles. The number of amides is 1. The summed E-state index contributed by atoms with van der Waals surface area (Å²) in [5, 5.41) is 2.86. The Labute approximate surface area is 135 Å². The van der Waals surface area contributed by atoms with Crippen LogP contribution >= 0.6 is 0 Å². The number of nitrogens with one attached hydrogen (secondary N) is 1. The predicted octanol–water partition coefficient (Wildman–Crippen LogP) is 1.55. The molecule has 0 radical (unpaired) electrons. The first-order chi connectivity index (χ1) is 11.2. The van der Waals surface area contributed by atoms with E-state index in [-0.39, 0.29) is 5.91 Å². The standard InChI is InChI=1S/C17H20N4O2/c1-13-2-4-14(5-3-13)10-20-17(22)15-11-19-16(12-18-15)21-6-8-23-9-7-21/h2-5,11-12H,6-10H2,1H3,(H,20,22). The molecule has 0 spiro atoms. The van der Waals surface area contributed by atoms with Gasteiger partial charge in [0.25, 0.3) is 5.91 Å². The van der Waals surface area contributed by atoms with Crippen molar-refractivity contribution in [3.8, 4) is 0 Å². The van der Waals surface area contributed by atoms with Gasteiger partial charge in [-0.2, -0.15) is 0 Å². The predicted molar refractivity (Wildman–Crippen MR) is 87.4 cm³/mol. The molecule has 1 aromatic carbocycles. The van der Waals surface area contributed by atoms with Gasteiger partial charge in [0.2, 0.25) is 0 Å². The average Bonchev–Trinajstić information content (AvgIpc) is 2.62.